The molecule has 2 heterocycles. The van der Waals surface area contributed by atoms with E-state index in [4.69, 9.17) is 9.84 Å². The SMILES string of the molecule is O=C(O)CCc1ccc2c(c1F)CCN(c1nc(OC3CCC3)ccc1F)C2. The summed E-state index contributed by atoms with van der Waals surface area (Å²) in [4.78, 5) is 16.9. The fraction of sp³-hybridized carbons (Fsp3) is 0.429. The molecular weight excluding hydrogens is 366 g/mol. The number of carbonyl (C=O) groups is 1. The normalized spacial score (nSPS) is 16.4. The Morgan fingerprint density at radius 2 is 2.07 bits per heavy atom. The number of nitrogens with zero attached hydrogens (tertiary/aromatic N) is 2. The Hall–Kier alpha value is -2.70. The number of rotatable bonds is 6. The summed E-state index contributed by atoms with van der Waals surface area (Å²) in [7, 11) is 0. The molecule has 0 saturated heterocycles. The number of anilines is 1. The van der Waals surface area contributed by atoms with Crippen molar-refractivity contribution in [2.45, 2.75) is 51.2 Å². The third-order valence-corrected chi connectivity index (χ3v) is 5.46. The number of aliphatic carboxylic acids is 1. The highest BCUT2D eigenvalue weighted by atomic mass is 19.1. The van der Waals surface area contributed by atoms with E-state index in [0.717, 1.165) is 24.8 Å². The van der Waals surface area contributed by atoms with Crippen LogP contribution < -0.4 is 9.64 Å². The summed E-state index contributed by atoms with van der Waals surface area (Å²) in [6.07, 6.45) is 3.76. The van der Waals surface area contributed by atoms with E-state index in [2.05, 4.69) is 4.98 Å². The van der Waals surface area contributed by atoms with E-state index < -0.39 is 11.8 Å². The molecule has 7 heteroatoms. The molecule has 0 amide bonds. The second-order valence-electron chi connectivity index (χ2n) is 7.37. The zero-order valence-electron chi connectivity index (χ0n) is 15.5. The second-order valence-corrected chi connectivity index (χ2v) is 7.37. The molecule has 1 aromatic heterocycles. The maximum absolute atomic E-state index is 14.7. The number of aromatic nitrogens is 1. The largest absolute Gasteiger partial charge is 0.481 e. The Morgan fingerprint density at radius 3 is 2.79 bits per heavy atom. The van der Waals surface area contributed by atoms with Crippen molar-refractivity contribution in [3.63, 3.8) is 0 Å². The highest BCUT2D eigenvalue weighted by Crippen LogP contribution is 2.31. The minimum atomic E-state index is -0.950. The number of hydrogen-bond donors (Lipinski definition) is 1. The number of carboxylic acid groups (broad SMARTS) is 1. The van der Waals surface area contributed by atoms with Gasteiger partial charge in [-0.05, 0) is 54.9 Å². The number of ether oxygens (including phenoxy) is 1. The van der Waals surface area contributed by atoms with Crippen molar-refractivity contribution >= 4 is 11.8 Å². The van der Waals surface area contributed by atoms with Crippen LogP contribution in [0, 0.1) is 11.6 Å². The number of fused-ring (bicyclic) bond motifs is 1. The lowest BCUT2D eigenvalue weighted by Gasteiger charge is -2.31. The van der Waals surface area contributed by atoms with Gasteiger partial charge >= 0.3 is 5.97 Å². The van der Waals surface area contributed by atoms with Gasteiger partial charge in [0.2, 0.25) is 5.88 Å². The molecule has 0 bridgehead atoms. The molecule has 1 saturated carbocycles. The molecule has 0 radical (unpaired) electrons. The standard InChI is InChI=1S/C21H22F2N2O3/c22-17-7-8-18(28-15-2-1-3-15)24-21(17)25-11-10-16-14(12-25)5-4-13(20(16)23)6-9-19(26)27/h4-5,7-8,15H,1-3,6,9-12H2,(H,26,27). The van der Waals surface area contributed by atoms with Gasteiger partial charge < -0.3 is 14.7 Å². The van der Waals surface area contributed by atoms with E-state index >= 15 is 0 Å². The van der Waals surface area contributed by atoms with Gasteiger partial charge in [0.15, 0.2) is 11.6 Å². The molecule has 1 N–H and O–H groups in total. The predicted octanol–water partition coefficient (Wildman–Crippen LogP) is 3.87. The smallest absolute Gasteiger partial charge is 0.303 e. The van der Waals surface area contributed by atoms with Crippen LogP contribution >= 0.6 is 0 Å². The van der Waals surface area contributed by atoms with Gasteiger partial charge in [0.1, 0.15) is 11.9 Å². The van der Waals surface area contributed by atoms with Crippen molar-refractivity contribution in [3.8, 4) is 5.88 Å². The molecule has 1 aromatic carbocycles. The average Bonchev–Trinajstić information content (AvgIpc) is 2.65. The summed E-state index contributed by atoms with van der Waals surface area (Å²) in [6.45, 7) is 0.783. The Bertz CT molecular complexity index is 899. The minimum Gasteiger partial charge on any atom is -0.481 e. The molecule has 2 aromatic rings. The van der Waals surface area contributed by atoms with Crippen LogP contribution in [0.1, 0.15) is 42.4 Å². The zero-order chi connectivity index (χ0) is 19.7. The lowest BCUT2D eigenvalue weighted by Crippen LogP contribution is -2.33. The molecule has 1 aliphatic carbocycles. The van der Waals surface area contributed by atoms with Crippen molar-refractivity contribution in [3.05, 3.63) is 52.6 Å². The van der Waals surface area contributed by atoms with Crippen LogP contribution in [0.3, 0.4) is 0 Å². The Balaban J connectivity index is 1.53. The summed E-state index contributed by atoms with van der Waals surface area (Å²) in [5, 5.41) is 8.81. The van der Waals surface area contributed by atoms with Crippen LogP contribution in [0.2, 0.25) is 0 Å². The zero-order valence-corrected chi connectivity index (χ0v) is 15.5. The number of carboxylic acids is 1. The lowest BCUT2D eigenvalue weighted by molar-refractivity contribution is -0.136. The van der Waals surface area contributed by atoms with E-state index in [1.54, 1.807) is 23.1 Å². The Kier molecular flexibility index (Phi) is 5.15. The predicted molar refractivity (Wildman–Crippen MR) is 99.6 cm³/mol. The number of aryl methyl sites for hydroxylation is 1. The first-order chi connectivity index (χ1) is 13.5. The van der Waals surface area contributed by atoms with E-state index in [9.17, 15) is 13.6 Å². The van der Waals surface area contributed by atoms with Gasteiger partial charge in [0.25, 0.3) is 0 Å². The second kappa shape index (κ2) is 7.73. The molecule has 148 valence electrons. The van der Waals surface area contributed by atoms with E-state index in [-0.39, 0.29) is 30.6 Å². The van der Waals surface area contributed by atoms with Crippen molar-refractivity contribution in [1.82, 2.24) is 4.98 Å². The number of halogens is 2. The van der Waals surface area contributed by atoms with Crippen molar-refractivity contribution < 1.29 is 23.4 Å². The number of benzene rings is 1. The third-order valence-electron chi connectivity index (χ3n) is 5.46. The number of hydrogen-bond acceptors (Lipinski definition) is 4. The summed E-state index contributed by atoms with van der Waals surface area (Å²) >= 11 is 0. The van der Waals surface area contributed by atoms with E-state index in [0.29, 0.717) is 36.5 Å². The summed E-state index contributed by atoms with van der Waals surface area (Å²) in [6, 6.07) is 6.33. The van der Waals surface area contributed by atoms with Crippen LogP contribution in [0.25, 0.3) is 0 Å². The topological polar surface area (TPSA) is 62.7 Å². The van der Waals surface area contributed by atoms with Crippen LogP contribution in [0.15, 0.2) is 24.3 Å². The molecule has 2 aliphatic rings. The van der Waals surface area contributed by atoms with Crippen LogP contribution in [-0.4, -0.2) is 28.7 Å². The minimum absolute atomic E-state index is 0.106. The van der Waals surface area contributed by atoms with Gasteiger partial charge in [0, 0.05) is 25.6 Å². The van der Waals surface area contributed by atoms with Gasteiger partial charge in [-0.1, -0.05) is 12.1 Å². The van der Waals surface area contributed by atoms with E-state index in [1.165, 1.54) is 6.07 Å². The van der Waals surface area contributed by atoms with Gasteiger partial charge in [-0.25, -0.2) is 8.78 Å². The first-order valence-corrected chi connectivity index (χ1v) is 9.60. The first kappa shape index (κ1) is 18.7. The molecule has 0 spiro atoms. The van der Waals surface area contributed by atoms with Gasteiger partial charge in [0.05, 0.1) is 0 Å². The summed E-state index contributed by atoms with van der Waals surface area (Å²) in [5.74, 6) is -1.08. The third kappa shape index (κ3) is 3.79. The molecule has 5 nitrogen and oxygen atoms in total. The molecule has 4 rings (SSSR count). The van der Waals surface area contributed by atoms with Gasteiger partial charge in [-0.3, -0.25) is 4.79 Å². The molecule has 1 aliphatic heterocycles. The molecule has 28 heavy (non-hydrogen) atoms. The van der Waals surface area contributed by atoms with Crippen molar-refractivity contribution in [2.24, 2.45) is 0 Å². The Labute approximate surface area is 162 Å². The first-order valence-electron chi connectivity index (χ1n) is 9.60. The highest BCUT2D eigenvalue weighted by Gasteiger charge is 2.25. The van der Waals surface area contributed by atoms with Crippen molar-refractivity contribution in [1.29, 1.82) is 0 Å². The Morgan fingerprint density at radius 1 is 1.25 bits per heavy atom. The lowest BCUT2D eigenvalue weighted by atomic mass is 9.94. The molecule has 1 fully saturated rings. The summed E-state index contributed by atoms with van der Waals surface area (Å²) < 4.78 is 34.9. The van der Waals surface area contributed by atoms with E-state index in [1.807, 2.05) is 0 Å². The quantitative estimate of drug-likeness (QED) is 0.814. The number of pyridine rings is 1. The van der Waals surface area contributed by atoms with Crippen LogP contribution in [0.4, 0.5) is 14.6 Å². The maximum atomic E-state index is 14.7. The van der Waals surface area contributed by atoms with Gasteiger partial charge in [-0.2, -0.15) is 4.98 Å². The molecule has 0 atom stereocenters. The highest BCUT2D eigenvalue weighted by molar-refractivity contribution is 5.67. The maximum Gasteiger partial charge on any atom is 0.303 e. The fourth-order valence-electron chi connectivity index (χ4n) is 3.64. The van der Waals surface area contributed by atoms with Crippen molar-refractivity contribution in [2.75, 3.05) is 11.4 Å². The monoisotopic (exact) mass is 388 g/mol. The van der Waals surface area contributed by atoms with Crippen LogP contribution in [-0.2, 0) is 24.2 Å². The van der Waals surface area contributed by atoms with Gasteiger partial charge in [-0.15, -0.1) is 0 Å². The fourth-order valence-corrected chi connectivity index (χ4v) is 3.64. The average molecular weight is 388 g/mol. The molecule has 0 unspecified atom stereocenters. The summed E-state index contributed by atoms with van der Waals surface area (Å²) in [5.41, 5.74) is 1.77. The molecular formula is C21H22F2N2O3. The van der Waals surface area contributed by atoms with Crippen LogP contribution in [0.5, 0.6) is 5.88 Å².